The van der Waals surface area contributed by atoms with Gasteiger partial charge >= 0.3 is 0 Å². The van der Waals surface area contributed by atoms with Crippen molar-refractivity contribution in [3.05, 3.63) is 70.2 Å². The summed E-state index contributed by atoms with van der Waals surface area (Å²) < 4.78 is 0.958. The number of nitrogens with one attached hydrogen (secondary N) is 2. The Kier molecular flexibility index (Phi) is 5.11. The molecule has 0 atom stereocenters. The second-order valence-corrected chi connectivity index (χ2v) is 6.62. The van der Waals surface area contributed by atoms with Gasteiger partial charge in [0.15, 0.2) is 0 Å². The molecule has 0 aliphatic heterocycles. The highest BCUT2D eigenvalue weighted by molar-refractivity contribution is 9.10. The molecule has 1 saturated carbocycles. The smallest absolute Gasteiger partial charge is 0.251 e. The first-order valence-corrected chi connectivity index (χ1v) is 8.55. The number of hydrogen-bond acceptors (Lipinski definition) is 2. The Morgan fingerprint density at radius 2 is 1.88 bits per heavy atom. The van der Waals surface area contributed by atoms with Crippen LogP contribution >= 0.6 is 15.9 Å². The molecule has 5 heteroatoms. The first kappa shape index (κ1) is 16.5. The number of benzene rings is 2. The van der Waals surface area contributed by atoms with Crippen LogP contribution in [0.25, 0.3) is 6.08 Å². The second-order valence-electron chi connectivity index (χ2n) is 5.71. The molecule has 0 saturated heterocycles. The highest BCUT2D eigenvalue weighted by Gasteiger charge is 2.23. The molecule has 0 bridgehead atoms. The lowest BCUT2D eigenvalue weighted by Gasteiger charge is -2.06. The van der Waals surface area contributed by atoms with Crippen molar-refractivity contribution in [1.29, 1.82) is 0 Å². The molecular formula is C19H17BrN2O2. The zero-order valence-electron chi connectivity index (χ0n) is 13.0. The van der Waals surface area contributed by atoms with Gasteiger partial charge in [-0.25, -0.2) is 0 Å². The van der Waals surface area contributed by atoms with Crippen LogP contribution in [0.3, 0.4) is 0 Å². The van der Waals surface area contributed by atoms with Crippen molar-refractivity contribution in [1.82, 2.24) is 5.32 Å². The summed E-state index contributed by atoms with van der Waals surface area (Å²) in [6.45, 7) is 0. The van der Waals surface area contributed by atoms with Gasteiger partial charge in [0.25, 0.3) is 5.91 Å². The summed E-state index contributed by atoms with van der Waals surface area (Å²) in [5, 5.41) is 5.71. The molecule has 1 fully saturated rings. The van der Waals surface area contributed by atoms with E-state index in [4.69, 9.17) is 0 Å². The maximum Gasteiger partial charge on any atom is 0.251 e. The lowest BCUT2D eigenvalue weighted by Crippen LogP contribution is -2.25. The van der Waals surface area contributed by atoms with Gasteiger partial charge in [-0.3, -0.25) is 9.59 Å². The molecule has 0 aromatic heterocycles. The fraction of sp³-hybridized carbons (Fsp3) is 0.158. The Morgan fingerprint density at radius 3 is 2.62 bits per heavy atom. The molecule has 1 aliphatic carbocycles. The Labute approximate surface area is 149 Å². The molecule has 0 radical (unpaired) electrons. The number of anilines is 1. The highest BCUT2D eigenvalue weighted by atomic mass is 79.9. The number of carbonyl (C=O) groups excluding carboxylic acids is 2. The number of amides is 2. The molecule has 0 unspecified atom stereocenters. The van der Waals surface area contributed by atoms with Gasteiger partial charge in [-0.2, -0.15) is 0 Å². The van der Waals surface area contributed by atoms with Crippen molar-refractivity contribution in [2.45, 2.75) is 18.9 Å². The second kappa shape index (κ2) is 7.45. The van der Waals surface area contributed by atoms with E-state index >= 15 is 0 Å². The van der Waals surface area contributed by atoms with E-state index < -0.39 is 0 Å². The van der Waals surface area contributed by atoms with Gasteiger partial charge in [0, 0.05) is 27.8 Å². The first-order valence-electron chi connectivity index (χ1n) is 7.76. The van der Waals surface area contributed by atoms with Crippen LogP contribution in [0.5, 0.6) is 0 Å². The van der Waals surface area contributed by atoms with E-state index in [2.05, 4.69) is 26.6 Å². The lowest BCUT2D eigenvalue weighted by molar-refractivity contribution is -0.111. The average molecular weight is 385 g/mol. The van der Waals surface area contributed by atoms with Gasteiger partial charge in [-0.05, 0) is 54.8 Å². The Hall–Kier alpha value is -2.40. The van der Waals surface area contributed by atoms with Crippen LogP contribution < -0.4 is 10.6 Å². The highest BCUT2D eigenvalue weighted by Crippen LogP contribution is 2.20. The Bertz CT molecular complexity index is 797. The van der Waals surface area contributed by atoms with Gasteiger partial charge < -0.3 is 10.6 Å². The molecule has 0 spiro atoms. The molecule has 122 valence electrons. The van der Waals surface area contributed by atoms with Gasteiger partial charge in [0.2, 0.25) is 5.91 Å². The summed E-state index contributed by atoms with van der Waals surface area (Å²) >= 11 is 3.39. The van der Waals surface area contributed by atoms with E-state index in [-0.39, 0.29) is 11.8 Å². The van der Waals surface area contributed by atoms with Crippen LogP contribution in [-0.2, 0) is 4.79 Å². The summed E-state index contributed by atoms with van der Waals surface area (Å²) in [6, 6.07) is 14.9. The number of rotatable bonds is 5. The molecule has 24 heavy (non-hydrogen) atoms. The summed E-state index contributed by atoms with van der Waals surface area (Å²) in [5.74, 6) is -0.340. The number of halogens is 1. The summed E-state index contributed by atoms with van der Waals surface area (Å²) in [4.78, 5) is 24.1. The molecule has 3 rings (SSSR count). The third-order valence-corrected chi connectivity index (χ3v) is 4.07. The Balaban J connectivity index is 1.62. The van der Waals surface area contributed by atoms with Crippen LogP contribution in [0.1, 0.15) is 28.8 Å². The maximum atomic E-state index is 12.0. The van der Waals surface area contributed by atoms with Gasteiger partial charge in [-0.1, -0.05) is 34.1 Å². The SMILES string of the molecule is O=C(C=Cc1cccc(Br)c1)Nc1cccc(C(=O)NC2CC2)c1. The van der Waals surface area contributed by atoms with Crippen molar-refractivity contribution >= 4 is 39.5 Å². The van der Waals surface area contributed by atoms with Crippen molar-refractivity contribution in [2.75, 3.05) is 5.32 Å². The molecular weight excluding hydrogens is 368 g/mol. The minimum atomic E-state index is -0.241. The van der Waals surface area contributed by atoms with Crippen LogP contribution in [0.15, 0.2) is 59.1 Å². The van der Waals surface area contributed by atoms with Crippen molar-refractivity contribution in [3.63, 3.8) is 0 Å². The number of carbonyl (C=O) groups is 2. The standard InChI is InChI=1S/C19H17BrN2O2/c20-15-5-1-3-13(11-15)7-10-18(23)21-17-6-2-4-14(12-17)19(24)22-16-8-9-16/h1-7,10-12,16H,8-9H2,(H,21,23)(H,22,24). The van der Waals surface area contributed by atoms with Gasteiger partial charge in [-0.15, -0.1) is 0 Å². The molecule has 2 aromatic carbocycles. The monoisotopic (exact) mass is 384 g/mol. The number of hydrogen-bond donors (Lipinski definition) is 2. The van der Waals surface area contributed by atoms with Crippen LogP contribution in [-0.4, -0.2) is 17.9 Å². The first-order chi connectivity index (χ1) is 11.6. The van der Waals surface area contributed by atoms with E-state index in [1.165, 1.54) is 6.08 Å². The maximum absolute atomic E-state index is 12.0. The average Bonchev–Trinajstić information content (AvgIpc) is 3.37. The summed E-state index contributed by atoms with van der Waals surface area (Å²) in [7, 11) is 0. The van der Waals surface area contributed by atoms with Crippen molar-refractivity contribution < 1.29 is 9.59 Å². The Morgan fingerprint density at radius 1 is 1.08 bits per heavy atom. The van der Waals surface area contributed by atoms with E-state index in [1.54, 1.807) is 30.3 Å². The van der Waals surface area contributed by atoms with Crippen LogP contribution in [0, 0.1) is 0 Å². The molecule has 1 aliphatic rings. The lowest BCUT2D eigenvalue weighted by atomic mass is 10.2. The fourth-order valence-electron chi connectivity index (χ4n) is 2.20. The molecule has 4 nitrogen and oxygen atoms in total. The van der Waals surface area contributed by atoms with Crippen LogP contribution in [0.2, 0.25) is 0 Å². The third-order valence-electron chi connectivity index (χ3n) is 3.58. The van der Waals surface area contributed by atoms with Crippen molar-refractivity contribution in [2.24, 2.45) is 0 Å². The minimum absolute atomic E-state index is 0.0988. The minimum Gasteiger partial charge on any atom is -0.349 e. The van der Waals surface area contributed by atoms with E-state index in [1.807, 2.05) is 24.3 Å². The molecule has 2 aromatic rings. The normalized spacial score (nSPS) is 13.7. The van der Waals surface area contributed by atoms with Gasteiger partial charge in [0.05, 0.1) is 0 Å². The largest absolute Gasteiger partial charge is 0.349 e. The predicted octanol–water partition coefficient (Wildman–Crippen LogP) is 3.99. The molecule has 2 amide bonds. The topological polar surface area (TPSA) is 58.2 Å². The van der Waals surface area contributed by atoms with E-state index in [0.717, 1.165) is 22.9 Å². The summed E-state index contributed by atoms with van der Waals surface area (Å²) in [5.41, 5.74) is 2.08. The zero-order chi connectivity index (χ0) is 16.9. The van der Waals surface area contributed by atoms with E-state index in [0.29, 0.717) is 17.3 Å². The predicted molar refractivity (Wildman–Crippen MR) is 98.7 cm³/mol. The fourth-order valence-corrected chi connectivity index (χ4v) is 2.62. The van der Waals surface area contributed by atoms with E-state index in [9.17, 15) is 9.59 Å². The molecule has 0 heterocycles. The van der Waals surface area contributed by atoms with Gasteiger partial charge in [0.1, 0.15) is 0 Å². The quantitative estimate of drug-likeness (QED) is 0.765. The van der Waals surface area contributed by atoms with Crippen LogP contribution in [0.4, 0.5) is 5.69 Å². The van der Waals surface area contributed by atoms with Crippen molar-refractivity contribution in [3.8, 4) is 0 Å². The summed E-state index contributed by atoms with van der Waals surface area (Å²) in [6.07, 6.45) is 5.30. The molecule has 2 N–H and O–H groups in total. The zero-order valence-corrected chi connectivity index (χ0v) is 14.5. The third kappa shape index (κ3) is 4.80.